The third-order valence-electron chi connectivity index (χ3n) is 6.01. The Bertz CT molecular complexity index is 1270. The van der Waals surface area contributed by atoms with E-state index in [1.807, 2.05) is 13.8 Å². The fourth-order valence-electron chi connectivity index (χ4n) is 3.73. The lowest BCUT2D eigenvalue weighted by molar-refractivity contribution is 0.0396. The zero-order valence-corrected chi connectivity index (χ0v) is 22.1. The summed E-state index contributed by atoms with van der Waals surface area (Å²) in [6, 6.07) is 12.6. The Morgan fingerprint density at radius 2 is 1.84 bits per heavy atom. The van der Waals surface area contributed by atoms with E-state index in [-0.39, 0.29) is 36.9 Å². The molecule has 0 aliphatic heterocycles. The standard InChI is InChI=1S/C28H32ClFN2O5/c1-27(2,31)19-15-22(17-5-7-21(30)20(29)13-17)32-26(16-19)28(3,35)10-9-23(34)18-6-8-24(37-12-11-33)25(14-18)36-4/h5-8,13-16,33,35H,9-12,31H2,1-4H3. The number of carbonyl (C=O) groups excluding carboxylic acids is 1. The van der Waals surface area contributed by atoms with Gasteiger partial charge in [0, 0.05) is 23.1 Å². The topological polar surface area (TPSA) is 115 Å². The number of nitrogens with two attached hydrogens (primary N) is 1. The van der Waals surface area contributed by atoms with Crippen molar-refractivity contribution in [2.24, 2.45) is 5.73 Å². The lowest BCUT2D eigenvalue weighted by Gasteiger charge is -2.27. The van der Waals surface area contributed by atoms with Crippen molar-refractivity contribution in [1.29, 1.82) is 0 Å². The number of aromatic nitrogens is 1. The molecule has 0 saturated carbocycles. The molecule has 1 unspecified atom stereocenters. The largest absolute Gasteiger partial charge is 0.493 e. The monoisotopic (exact) mass is 530 g/mol. The molecule has 0 aliphatic carbocycles. The number of Topliss-reactive ketones (excluding diaryl/α,β-unsaturated/α-hetero) is 1. The first-order valence-corrected chi connectivity index (χ1v) is 12.2. The minimum atomic E-state index is -1.47. The van der Waals surface area contributed by atoms with Crippen LogP contribution in [0.4, 0.5) is 4.39 Å². The van der Waals surface area contributed by atoms with E-state index in [4.69, 9.17) is 31.9 Å². The van der Waals surface area contributed by atoms with Crippen molar-refractivity contribution in [3.63, 3.8) is 0 Å². The van der Waals surface area contributed by atoms with Crippen molar-refractivity contribution in [1.82, 2.24) is 4.98 Å². The third kappa shape index (κ3) is 7.05. The Morgan fingerprint density at radius 3 is 2.46 bits per heavy atom. The number of benzene rings is 2. The molecule has 0 amide bonds. The number of halogens is 2. The van der Waals surface area contributed by atoms with Crippen molar-refractivity contribution >= 4 is 17.4 Å². The summed E-state index contributed by atoms with van der Waals surface area (Å²) in [5.41, 5.74) is 6.62. The zero-order valence-electron chi connectivity index (χ0n) is 21.3. The fraction of sp³-hybridized carbons (Fsp3) is 0.357. The van der Waals surface area contributed by atoms with Crippen LogP contribution in [-0.2, 0) is 11.1 Å². The molecule has 0 spiro atoms. The van der Waals surface area contributed by atoms with Crippen LogP contribution in [0.2, 0.25) is 5.02 Å². The van der Waals surface area contributed by atoms with Crippen LogP contribution >= 0.6 is 11.6 Å². The molecule has 198 valence electrons. The number of aliphatic hydroxyl groups excluding tert-OH is 1. The minimum Gasteiger partial charge on any atom is -0.493 e. The quantitative estimate of drug-likeness (QED) is 0.299. The molecule has 0 fully saturated rings. The van der Waals surface area contributed by atoms with Gasteiger partial charge in [-0.3, -0.25) is 4.79 Å². The van der Waals surface area contributed by atoms with E-state index < -0.39 is 17.0 Å². The number of methoxy groups -OCH3 is 1. The van der Waals surface area contributed by atoms with Crippen molar-refractivity contribution in [3.8, 4) is 22.8 Å². The number of hydrogen-bond donors (Lipinski definition) is 3. The van der Waals surface area contributed by atoms with Gasteiger partial charge in [-0.2, -0.15) is 0 Å². The molecule has 3 rings (SSSR count). The minimum absolute atomic E-state index is 0.0304. The first-order chi connectivity index (χ1) is 17.4. The molecule has 3 aromatic rings. The van der Waals surface area contributed by atoms with Crippen molar-refractivity contribution in [2.75, 3.05) is 20.3 Å². The maximum absolute atomic E-state index is 13.7. The number of hydrogen-bond acceptors (Lipinski definition) is 7. The van der Waals surface area contributed by atoms with Gasteiger partial charge in [0.25, 0.3) is 0 Å². The van der Waals surface area contributed by atoms with Crippen LogP contribution in [0.1, 0.15) is 55.2 Å². The smallest absolute Gasteiger partial charge is 0.163 e. The number of ether oxygens (including phenoxy) is 2. The molecule has 37 heavy (non-hydrogen) atoms. The van der Waals surface area contributed by atoms with E-state index in [9.17, 15) is 14.3 Å². The van der Waals surface area contributed by atoms with Gasteiger partial charge in [-0.05, 0) is 81.3 Å². The second-order valence-corrected chi connectivity index (χ2v) is 10.0. The van der Waals surface area contributed by atoms with Gasteiger partial charge in [-0.1, -0.05) is 11.6 Å². The number of pyridine rings is 1. The molecular weight excluding hydrogens is 499 g/mol. The van der Waals surface area contributed by atoms with Crippen LogP contribution in [-0.4, -0.2) is 41.3 Å². The average Bonchev–Trinajstić information content (AvgIpc) is 2.86. The summed E-state index contributed by atoms with van der Waals surface area (Å²) in [5.74, 6) is 0.0383. The third-order valence-corrected chi connectivity index (χ3v) is 6.30. The van der Waals surface area contributed by atoms with E-state index in [1.165, 1.54) is 19.2 Å². The molecule has 4 N–H and O–H groups in total. The van der Waals surface area contributed by atoms with Crippen molar-refractivity contribution in [3.05, 3.63) is 76.2 Å². The number of carbonyl (C=O) groups is 1. The lowest BCUT2D eigenvalue weighted by atomic mass is 9.88. The molecule has 0 radical (unpaired) electrons. The number of aliphatic hydroxyl groups is 2. The molecule has 1 aromatic heterocycles. The van der Waals surface area contributed by atoms with Gasteiger partial charge in [-0.25, -0.2) is 9.37 Å². The van der Waals surface area contributed by atoms with Crippen molar-refractivity contribution < 1.29 is 28.9 Å². The second kappa shape index (κ2) is 11.6. The van der Waals surface area contributed by atoms with Crippen LogP contribution in [0.25, 0.3) is 11.3 Å². The van der Waals surface area contributed by atoms with Crippen molar-refractivity contribution in [2.45, 2.75) is 44.8 Å². The van der Waals surface area contributed by atoms with E-state index >= 15 is 0 Å². The average molecular weight is 531 g/mol. The molecule has 0 bridgehead atoms. The fourth-order valence-corrected chi connectivity index (χ4v) is 3.91. The van der Waals surface area contributed by atoms with E-state index in [0.29, 0.717) is 39.6 Å². The number of nitrogens with zero attached hydrogens (tertiary/aromatic N) is 1. The van der Waals surface area contributed by atoms with Gasteiger partial charge in [-0.15, -0.1) is 0 Å². The number of ketones is 1. The Labute approximate surface area is 221 Å². The SMILES string of the molecule is COc1cc(C(=O)CCC(C)(O)c2cc(C(C)(C)N)cc(-c3ccc(F)c(Cl)c3)n2)ccc1OCCO. The normalized spacial score (nSPS) is 13.2. The van der Waals surface area contributed by atoms with E-state index in [2.05, 4.69) is 4.98 Å². The summed E-state index contributed by atoms with van der Waals surface area (Å²) >= 11 is 5.98. The van der Waals surface area contributed by atoms with Crippen LogP contribution in [0, 0.1) is 5.82 Å². The molecule has 1 atom stereocenters. The molecule has 0 saturated heterocycles. The van der Waals surface area contributed by atoms with Gasteiger partial charge in [0.1, 0.15) is 18.0 Å². The predicted octanol–water partition coefficient (Wildman–Crippen LogP) is 4.99. The van der Waals surface area contributed by atoms with E-state index in [1.54, 1.807) is 43.3 Å². The Kier molecular flexibility index (Phi) is 8.92. The molecule has 1 heterocycles. The summed E-state index contributed by atoms with van der Waals surface area (Å²) in [7, 11) is 1.46. The highest BCUT2D eigenvalue weighted by Crippen LogP contribution is 2.34. The summed E-state index contributed by atoms with van der Waals surface area (Å²) < 4.78 is 24.4. The van der Waals surface area contributed by atoms with Crippen LogP contribution in [0.5, 0.6) is 11.5 Å². The molecular formula is C28H32ClFN2O5. The van der Waals surface area contributed by atoms with Gasteiger partial charge in [0.05, 0.1) is 30.1 Å². The summed E-state index contributed by atoms with van der Waals surface area (Å²) in [4.78, 5) is 17.6. The zero-order chi connectivity index (χ0) is 27.4. The summed E-state index contributed by atoms with van der Waals surface area (Å²) in [5, 5.41) is 20.3. The highest BCUT2D eigenvalue weighted by Gasteiger charge is 2.29. The highest BCUT2D eigenvalue weighted by molar-refractivity contribution is 6.31. The van der Waals surface area contributed by atoms with Crippen LogP contribution in [0.3, 0.4) is 0 Å². The molecule has 2 aromatic carbocycles. The van der Waals surface area contributed by atoms with E-state index in [0.717, 1.165) is 0 Å². The second-order valence-electron chi connectivity index (χ2n) is 9.61. The Balaban J connectivity index is 1.88. The Morgan fingerprint density at radius 1 is 1.11 bits per heavy atom. The van der Waals surface area contributed by atoms with Gasteiger partial charge in [0.15, 0.2) is 17.3 Å². The number of rotatable bonds is 11. The highest BCUT2D eigenvalue weighted by atomic mass is 35.5. The molecule has 0 aliphatic rings. The van der Waals surface area contributed by atoms with Gasteiger partial charge < -0.3 is 25.4 Å². The summed E-state index contributed by atoms with van der Waals surface area (Å²) in [6.07, 6.45) is 0.116. The summed E-state index contributed by atoms with van der Waals surface area (Å²) in [6.45, 7) is 5.19. The first kappa shape index (κ1) is 28.5. The Hall–Kier alpha value is -3.04. The molecule has 7 nitrogen and oxygen atoms in total. The van der Waals surface area contributed by atoms with Gasteiger partial charge in [0.2, 0.25) is 0 Å². The van der Waals surface area contributed by atoms with Crippen LogP contribution < -0.4 is 15.2 Å². The predicted molar refractivity (Wildman–Crippen MR) is 141 cm³/mol. The van der Waals surface area contributed by atoms with Crippen LogP contribution in [0.15, 0.2) is 48.5 Å². The van der Waals surface area contributed by atoms with Gasteiger partial charge >= 0.3 is 0 Å². The maximum Gasteiger partial charge on any atom is 0.163 e. The maximum atomic E-state index is 13.7. The lowest BCUT2D eigenvalue weighted by Crippen LogP contribution is -2.31. The molecule has 9 heteroatoms. The first-order valence-electron chi connectivity index (χ1n) is 11.8.